The standard InChI is InChI=1S/C17H23NO4/c1-13-5-4-6-15(11-13)22-10-3-2-7-16(19)18-9-8-14(12-18)17(20)21/h4-6,11,14H,2-3,7-10,12H2,1H3,(H,20,21). The van der Waals surface area contributed by atoms with Crippen LogP contribution >= 0.6 is 0 Å². The summed E-state index contributed by atoms with van der Waals surface area (Å²) in [6.07, 6.45) is 2.61. The van der Waals surface area contributed by atoms with Crippen LogP contribution in [0.5, 0.6) is 5.75 Å². The largest absolute Gasteiger partial charge is 0.494 e. The number of ether oxygens (including phenoxy) is 1. The lowest BCUT2D eigenvalue weighted by atomic mass is 10.1. The molecule has 1 fully saturated rings. The number of nitrogens with zero attached hydrogens (tertiary/aromatic N) is 1. The molecule has 1 aromatic rings. The highest BCUT2D eigenvalue weighted by Crippen LogP contribution is 2.18. The van der Waals surface area contributed by atoms with E-state index in [4.69, 9.17) is 9.84 Å². The molecule has 5 nitrogen and oxygen atoms in total. The number of carbonyl (C=O) groups excluding carboxylic acids is 1. The molecule has 2 rings (SSSR count). The van der Waals surface area contributed by atoms with E-state index in [9.17, 15) is 9.59 Å². The topological polar surface area (TPSA) is 66.8 Å². The molecule has 1 saturated heterocycles. The smallest absolute Gasteiger partial charge is 0.308 e. The number of carboxylic acid groups (broad SMARTS) is 1. The monoisotopic (exact) mass is 305 g/mol. The zero-order chi connectivity index (χ0) is 15.9. The van der Waals surface area contributed by atoms with Gasteiger partial charge in [-0.3, -0.25) is 9.59 Å². The Labute approximate surface area is 130 Å². The van der Waals surface area contributed by atoms with Crippen molar-refractivity contribution in [2.45, 2.75) is 32.6 Å². The highest BCUT2D eigenvalue weighted by atomic mass is 16.5. The third-order valence-electron chi connectivity index (χ3n) is 3.93. The lowest BCUT2D eigenvalue weighted by molar-refractivity contribution is -0.141. The Morgan fingerprint density at radius 3 is 2.86 bits per heavy atom. The molecule has 0 bridgehead atoms. The van der Waals surface area contributed by atoms with Crippen molar-refractivity contribution >= 4 is 11.9 Å². The van der Waals surface area contributed by atoms with Crippen molar-refractivity contribution in [3.63, 3.8) is 0 Å². The first kappa shape index (κ1) is 16.3. The molecule has 1 atom stereocenters. The molecule has 5 heteroatoms. The maximum atomic E-state index is 12.0. The van der Waals surface area contributed by atoms with Gasteiger partial charge in [-0.2, -0.15) is 0 Å². The Balaban J connectivity index is 1.61. The van der Waals surface area contributed by atoms with Gasteiger partial charge in [0.2, 0.25) is 5.91 Å². The summed E-state index contributed by atoms with van der Waals surface area (Å²) in [7, 11) is 0. The summed E-state index contributed by atoms with van der Waals surface area (Å²) >= 11 is 0. The number of likely N-dealkylation sites (tertiary alicyclic amines) is 1. The molecule has 1 aromatic carbocycles. The van der Waals surface area contributed by atoms with Gasteiger partial charge in [0.05, 0.1) is 12.5 Å². The minimum Gasteiger partial charge on any atom is -0.494 e. The highest BCUT2D eigenvalue weighted by Gasteiger charge is 2.30. The summed E-state index contributed by atoms with van der Waals surface area (Å²) in [5, 5.41) is 8.93. The van der Waals surface area contributed by atoms with E-state index in [-0.39, 0.29) is 5.91 Å². The zero-order valence-electron chi connectivity index (χ0n) is 13.0. The van der Waals surface area contributed by atoms with E-state index in [1.807, 2.05) is 31.2 Å². The second-order valence-electron chi connectivity index (χ2n) is 5.79. The van der Waals surface area contributed by atoms with Gasteiger partial charge in [-0.25, -0.2) is 0 Å². The number of aliphatic carboxylic acids is 1. The average molecular weight is 305 g/mol. The number of rotatable bonds is 7. The summed E-state index contributed by atoms with van der Waals surface area (Å²) in [5.74, 6) is -0.287. The van der Waals surface area contributed by atoms with Gasteiger partial charge < -0.3 is 14.7 Å². The van der Waals surface area contributed by atoms with Crippen molar-refractivity contribution in [1.82, 2.24) is 4.90 Å². The van der Waals surface area contributed by atoms with Crippen LogP contribution in [-0.2, 0) is 9.59 Å². The lowest BCUT2D eigenvalue weighted by Crippen LogP contribution is -2.29. The molecule has 0 aliphatic carbocycles. The SMILES string of the molecule is Cc1cccc(OCCCCC(=O)N2CCC(C(=O)O)C2)c1. The van der Waals surface area contributed by atoms with Crippen molar-refractivity contribution in [3.8, 4) is 5.75 Å². The fourth-order valence-electron chi connectivity index (χ4n) is 2.62. The first-order valence-corrected chi connectivity index (χ1v) is 7.76. The molecule has 0 radical (unpaired) electrons. The number of amides is 1. The molecule has 0 spiro atoms. The maximum Gasteiger partial charge on any atom is 0.308 e. The molecule has 120 valence electrons. The van der Waals surface area contributed by atoms with Crippen LogP contribution in [0, 0.1) is 12.8 Å². The van der Waals surface area contributed by atoms with Gasteiger partial charge >= 0.3 is 5.97 Å². The second-order valence-corrected chi connectivity index (χ2v) is 5.79. The van der Waals surface area contributed by atoms with Gasteiger partial charge in [-0.1, -0.05) is 12.1 Å². The number of carboxylic acids is 1. The Kier molecular flexibility index (Phi) is 5.81. The van der Waals surface area contributed by atoms with E-state index in [1.54, 1.807) is 4.90 Å². The maximum absolute atomic E-state index is 12.0. The van der Waals surface area contributed by atoms with Crippen LogP contribution in [0.4, 0.5) is 0 Å². The molecule has 1 heterocycles. The normalized spacial score (nSPS) is 17.5. The molecule has 1 aliphatic heterocycles. The highest BCUT2D eigenvalue weighted by molar-refractivity contribution is 5.78. The third-order valence-corrected chi connectivity index (χ3v) is 3.93. The van der Waals surface area contributed by atoms with Crippen molar-refractivity contribution in [3.05, 3.63) is 29.8 Å². The van der Waals surface area contributed by atoms with E-state index in [0.717, 1.165) is 24.2 Å². The summed E-state index contributed by atoms with van der Waals surface area (Å²) in [6, 6.07) is 7.89. The number of unbranched alkanes of at least 4 members (excludes halogenated alkanes) is 1. The summed E-state index contributed by atoms with van der Waals surface area (Å²) in [6.45, 7) is 3.53. The fraction of sp³-hybridized carbons (Fsp3) is 0.529. The van der Waals surface area contributed by atoms with Crippen LogP contribution < -0.4 is 4.74 Å². The molecular weight excluding hydrogens is 282 g/mol. The zero-order valence-corrected chi connectivity index (χ0v) is 13.0. The van der Waals surface area contributed by atoms with Gasteiger partial charge in [-0.05, 0) is 43.9 Å². The van der Waals surface area contributed by atoms with Gasteiger partial charge in [0.25, 0.3) is 0 Å². The van der Waals surface area contributed by atoms with Crippen LogP contribution in [0.25, 0.3) is 0 Å². The summed E-state index contributed by atoms with van der Waals surface area (Å²) < 4.78 is 5.64. The molecule has 1 unspecified atom stereocenters. The molecule has 1 aliphatic rings. The van der Waals surface area contributed by atoms with Crippen LogP contribution in [0.2, 0.25) is 0 Å². The second kappa shape index (κ2) is 7.82. The van der Waals surface area contributed by atoms with Crippen molar-refractivity contribution in [2.24, 2.45) is 5.92 Å². The van der Waals surface area contributed by atoms with Crippen molar-refractivity contribution < 1.29 is 19.4 Å². The summed E-state index contributed by atoms with van der Waals surface area (Å²) in [4.78, 5) is 24.5. The Bertz CT molecular complexity index is 529. The van der Waals surface area contributed by atoms with Crippen LogP contribution in [0.3, 0.4) is 0 Å². The first-order valence-electron chi connectivity index (χ1n) is 7.76. The quantitative estimate of drug-likeness (QED) is 0.786. The number of hydrogen-bond acceptors (Lipinski definition) is 3. The minimum absolute atomic E-state index is 0.0549. The molecule has 22 heavy (non-hydrogen) atoms. The lowest BCUT2D eigenvalue weighted by Gasteiger charge is -2.15. The number of carbonyl (C=O) groups is 2. The van der Waals surface area contributed by atoms with E-state index < -0.39 is 11.9 Å². The van der Waals surface area contributed by atoms with E-state index in [2.05, 4.69) is 0 Å². The van der Waals surface area contributed by atoms with E-state index >= 15 is 0 Å². The Hall–Kier alpha value is -2.04. The first-order chi connectivity index (χ1) is 10.6. The Morgan fingerprint density at radius 1 is 1.36 bits per heavy atom. The minimum atomic E-state index is -0.804. The van der Waals surface area contributed by atoms with E-state index in [0.29, 0.717) is 32.5 Å². The molecular formula is C17H23NO4. The Morgan fingerprint density at radius 2 is 2.18 bits per heavy atom. The third kappa shape index (κ3) is 4.76. The van der Waals surface area contributed by atoms with Crippen molar-refractivity contribution in [2.75, 3.05) is 19.7 Å². The van der Waals surface area contributed by atoms with Crippen LogP contribution in [0.15, 0.2) is 24.3 Å². The van der Waals surface area contributed by atoms with Crippen LogP contribution in [-0.4, -0.2) is 41.6 Å². The van der Waals surface area contributed by atoms with Crippen molar-refractivity contribution in [1.29, 1.82) is 0 Å². The fourth-order valence-corrected chi connectivity index (χ4v) is 2.62. The number of hydrogen-bond donors (Lipinski definition) is 1. The molecule has 0 aromatic heterocycles. The van der Waals surface area contributed by atoms with Gasteiger partial charge in [-0.15, -0.1) is 0 Å². The predicted molar refractivity (Wildman–Crippen MR) is 82.8 cm³/mol. The summed E-state index contributed by atoms with van der Waals surface area (Å²) in [5.41, 5.74) is 1.16. The number of aryl methyl sites for hydroxylation is 1. The molecule has 1 amide bonds. The van der Waals surface area contributed by atoms with Gasteiger partial charge in [0.1, 0.15) is 5.75 Å². The van der Waals surface area contributed by atoms with Gasteiger partial charge in [0, 0.05) is 19.5 Å². The number of benzene rings is 1. The molecule has 0 saturated carbocycles. The average Bonchev–Trinajstić information content (AvgIpc) is 2.97. The van der Waals surface area contributed by atoms with Crippen LogP contribution in [0.1, 0.15) is 31.2 Å². The van der Waals surface area contributed by atoms with Gasteiger partial charge in [0.15, 0.2) is 0 Å². The van der Waals surface area contributed by atoms with E-state index in [1.165, 1.54) is 0 Å². The predicted octanol–water partition coefficient (Wildman–Crippen LogP) is 2.48. The molecule has 1 N–H and O–H groups in total.